The maximum Gasteiger partial charge on any atom is 0.425 e. The standard InChI is InChI=1S/C23H36F3NO8/c1-10-22(9,19(32)33-11-15(28)35-14(3)23(24,25)26)12-21(7,8)18(31)34-13(2)16(29)27-17(30)20(4,5)6/h13-14H,10-12H2,1-9H3,(H,27,29,30). The van der Waals surface area contributed by atoms with E-state index in [4.69, 9.17) is 9.47 Å². The molecule has 0 aliphatic rings. The number of carbonyl (C=O) groups is 5. The molecule has 1 N–H and O–H groups in total. The van der Waals surface area contributed by atoms with Crippen LogP contribution in [0.2, 0.25) is 0 Å². The quantitative estimate of drug-likeness (QED) is 0.349. The lowest BCUT2D eigenvalue weighted by molar-refractivity contribution is -0.218. The molecule has 0 spiro atoms. The van der Waals surface area contributed by atoms with Gasteiger partial charge in [0.25, 0.3) is 5.91 Å². The maximum absolute atomic E-state index is 12.7. The van der Waals surface area contributed by atoms with Crippen molar-refractivity contribution in [2.45, 2.75) is 93.5 Å². The Bertz CT molecular complexity index is 817. The molecule has 0 fully saturated rings. The van der Waals surface area contributed by atoms with E-state index in [1.54, 1.807) is 27.7 Å². The van der Waals surface area contributed by atoms with Crippen LogP contribution in [0.15, 0.2) is 0 Å². The van der Waals surface area contributed by atoms with Gasteiger partial charge in [-0.05, 0) is 47.5 Å². The fourth-order valence-corrected chi connectivity index (χ4v) is 2.76. The van der Waals surface area contributed by atoms with Gasteiger partial charge in [-0.2, -0.15) is 13.2 Å². The van der Waals surface area contributed by atoms with Gasteiger partial charge < -0.3 is 14.2 Å². The third kappa shape index (κ3) is 10.2. The van der Waals surface area contributed by atoms with Crippen LogP contribution in [0.5, 0.6) is 0 Å². The van der Waals surface area contributed by atoms with Crippen molar-refractivity contribution in [2.75, 3.05) is 6.61 Å². The van der Waals surface area contributed by atoms with E-state index in [1.807, 2.05) is 0 Å². The van der Waals surface area contributed by atoms with E-state index in [0.717, 1.165) is 0 Å². The SMILES string of the molecule is CCC(C)(CC(C)(C)C(=O)OC(C)C(=O)NC(=O)C(C)(C)C)C(=O)OCC(=O)OC(C)C(F)(F)F. The summed E-state index contributed by atoms with van der Waals surface area (Å²) >= 11 is 0. The van der Waals surface area contributed by atoms with Crippen molar-refractivity contribution in [2.24, 2.45) is 16.2 Å². The molecule has 0 aromatic carbocycles. The topological polar surface area (TPSA) is 125 Å². The van der Waals surface area contributed by atoms with Gasteiger partial charge in [-0.3, -0.25) is 24.5 Å². The summed E-state index contributed by atoms with van der Waals surface area (Å²) in [6.07, 6.45) is -8.38. The van der Waals surface area contributed by atoms with Crippen LogP contribution in [0.1, 0.15) is 75.2 Å². The summed E-state index contributed by atoms with van der Waals surface area (Å²) in [6, 6.07) is 0. The Morgan fingerprint density at radius 2 is 1.37 bits per heavy atom. The highest BCUT2D eigenvalue weighted by Crippen LogP contribution is 2.38. The van der Waals surface area contributed by atoms with Crippen LogP contribution in [0.3, 0.4) is 0 Å². The first-order chi connectivity index (χ1) is 15.6. The Morgan fingerprint density at radius 3 is 1.80 bits per heavy atom. The second-order valence-corrected chi connectivity index (χ2v) is 10.3. The Morgan fingerprint density at radius 1 is 0.857 bits per heavy atom. The number of amides is 2. The summed E-state index contributed by atoms with van der Waals surface area (Å²) in [4.78, 5) is 61.1. The number of esters is 3. The molecule has 0 saturated heterocycles. The van der Waals surface area contributed by atoms with Crippen molar-refractivity contribution >= 4 is 29.7 Å². The Balaban J connectivity index is 5.14. The highest BCUT2D eigenvalue weighted by atomic mass is 19.4. The molecule has 0 radical (unpaired) electrons. The summed E-state index contributed by atoms with van der Waals surface area (Å²) in [6.45, 7) is 11.8. The summed E-state index contributed by atoms with van der Waals surface area (Å²) in [5.74, 6) is -4.47. The van der Waals surface area contributed by atoms with Gasteiger partial charge in [0.1, 0.15) is 0 Å². The van der Waals surface area contributed by atoms with Gasteiger partial charge in [0.15, 0.2) is 18.8 Å². The first-order valence-electron chi connectivity index (χ1n) is 11.1. The van der Waals surface area contributed by atoms with Crippen LogP contribution in [0, 0.1) is 16.2 Å². The normalized spacial score (nSPS) is 15.8. The largest absolute Gasteiger partial charge is 0.453 e. The Labute approximate surface area is 203 Å². The Kier molecular flexibility index (Phi) is 10.9. The van der Waals surface area contributed by atoms with Gasteiger partial charge in [0.2, 0.25) is 5.91 Å². The molecule has 202 valence electrons. The number of imide groups is 1. The predicted octanol–water partition coefficient (Wildman–Crippen LogP) is 3.48. The molecule has 35 heavy (non-hydrogen) atoms. The lowest BCUT2D eigenvalue weighted by Gasteiger charge is -2.34. The number of carbonyl (C=O) groups excluding carboxylic acids is 5. The predicted molar refractivity (Wildman–Crippen MR) is 118 cm³/mol. The molecular formula is C23H36F3NO8. The second-order valence-electron chi connectivity index (χ2n) is 10.3. The number of nitrogens with one attached hydrogen (secondary N) is 1. The number of halogens is 3. The minimum Gasteiger partial charge on any atom is -0.453 e. The van der Waals surface area contributed by atoms with Crippen LogP contribution in [-0.4, -0.2) is 54.7 Å². The molecule has 0 aliphatic carbocycles. The van der Waals surface area contributed by atoms with Gasteiger partial charge in [-0.1, -0.05) is 27.7 Å². The molecular weight excluding hydrogens is 475 g/mol. The molecule has 0 heterocycles. The second kappa shape index (κ2) is 11.9. The van der Waals surface area contributed by atoms with E-state index in [2.05, 4.69) is 10.1 Å². The zero-order valence-corrected chi connectivity index (χ0v) is 21.7. The van der Waals surface area contributed by atoms with E-state index in [0.29, 0.717) is 6.92 Å². The third-order valence-corrected chi connectivity index (χ3v) is 5.32. The minimum atomic E-state index is -4.75. The lowest BCUT2D eigenvalue weighted by atomic mass is 9.72. The summed E-state index contributed by atoms with van der Waals surface area (Å²) in [5, 5.41) is 2.16. The van der Waals surface area contributed by atoms with E-state index >= 15 is 0 Å². The first-order valence-corrected chi connectivity index (χ1v) is 11.1. The van der Waals surface area contributed by atoms with Crippen LogP contribution in [0.4, 0.5) is 13.2 Å². The smallest absolute Gasteiger partial charge is 0.425 e. The summed E-state index contributed by atoms with van der Waals surface area (Å²) < 4.78 is 51.7. The minimum absolute atomic E-state index is 0.128. The lowest BCUT2D eigenvalue weighted by Crippen LogP contribution is -2.46. The highest BCUT2D eigenvalue weighted by Gasteiger charge is 2.44. The molecule has 2 amide bonds. The molecule has 0 rings (SSSR count). The average molecular weight is 512 g/mol. The number of rotatable bonds is 10. The third-order valence-electron chi connectivity index (χ3n) is 5.32. The summed E-state index contributed by atoms with van der Waals surface area (Å²) in [5.41, 5.74) is -3.46. The van der Waals surface area contributed by atoms with Crippen molar-refractivity contribution in [1.29, 1.82) is 0 Å². The number of hydrogen-bond acceptors (Lipinski definition) is 8. The average Bonchev–Trinajstić information content (AvgIpc) is 2.69. The molecule has 0 bridgehead atoms. The number of alkyl halides is 3. The van der Waals surface area contributed by atoms with Gasteiger partial charge in [-0.25, -0.2) is 4.79 Å². The zero-order chi connectivity index (χ0) is 28.0. The van der Waals surface area contributed by atoms with Crippen molar-refractivity contribution in [1.82, 2.24) is 5.32 Å². The zero-order valence-electron chi connectivity index (χ0n) is 21.7. The van der Waals surface area contributed by atoms with E-state index < -0.39 is 71.0 Å². The van der Waals surface area contributed by atoms with E-state index in [-0.39, 0.29) is 12.8 Å². The molecule has 0 saturated carbocycles. The van der Waals surface area contributed by atoms with Gasteiger partial charge in [-0.15, -0.1) is 0 Å². The van der Waals surface area contributed by atoms with Crippen molar-refractivity contribution in [3.63, 3.8) is 0 Å². The maximum atomic E-state index is 12.7. The molecule has 0 aromatic heterocycles. The van der Waals surface area contributed by atoms with E-state index in [1.165, 1.54) is 27.7 Å². The highest BCUT2D eigenvalue weighted by molar-refractivity contribution is 6.00. The van der Waals surface area contributed by atoms with Crippen LogP contribution in [0.25, 0.3) is 0 Å². The van der Waals surface area contributed by atoms with Gasteiger partial charge >= 0.3 is 24.1 Å². The first kappa shape index (κ1) is 32.3. The van der Waals surface area contributed by atoms with Gasteiger partial charge in [0.05, 0.1) is 10.8 Å². The molecule has 3 unspecified atom stereocenters. The number of hydrogen-bond donors (Lipinski definition) is 1. The fourth-order valence-electron chi connectivity index (χ4n) is 2.76. The molecule has 0 aromatic rings. The number of ether oxygens (including phenoxy) is 3. The van der Waals surface area contributed by atoms with Crippen LogP contribution >= 0.6 is 0 Å². The fraction of sp³-hybridized carbons (Fsp3) is 0.783. The van der Waals surface area contributed by atoms with Crippen molar-refractivity contribution in [3.05, 3.63) is 0 Å². The molecule has 9 nitrogen and oxygen atoms in total. The van der Waals surface area contributed by atoms with Gasteiger partial charge in [0, 0.05) is 5.41 Å². The molecule has 12 heteroatoms. The summed E-state index contributed by atoms with van der Waals surface area (Å²) in [7, 11) is 0. The van der Waals surface area contributed by atoms with Crippen LogP contribution < -0.4 is 5.32 Å². The Hall–Kier alpha value is -2.66. The molecule has 0 aliphatic heterocycles. The van der Waals surface area contributed by atoms with E-state index in [9.17, 15) is 37.1 Å². The van der Waals surface area contributed by atoms with Crippen molar-refractivity contribution in [3.8, 4) is 0 Å². The van der Waals surface area contributed by atoms with Crippen LogP contribution in [-0.2, 0) is 38.2 Å². The van der Waals surface area contributed by atoms with Crippen molar-refractivity contribution < 1.29 is 51.4 Å². The molecule has 3 atom stereocenters. The monoisotopic (exact) mass is 511 g/mol.